The molecule has 1 aliphatic rings. The molecule has 0 spiro atoms. The van der Waals surface area contributed by atoms with E-state index < -0.39 is 0 Å². The Labute approximate surface area is 187 Å². The lowest BCUT2D eigenvalue weighted by atomic mass is 10.0. The maximum absolute atomic E-state index is 12.8. The Balaban J connectivity index is 1.25. The fourth-order valence-corrected chi connectivity index (χ4v) is 3.70. The first-order valence-corrected chi connectivity index (χ1v) is 10.9. The van der Waals surface area contributed by atoms with Gasteiger partial charge in [0.05, 0.1) is 0 Å². The maximum Gasteiger partial charge on any atom is 0.253 e. The molecule has 2 aromatic heterocycles. The van der Waals surface area contributed by atoms with Crippen molar-refractivity contribution in [1.29, 1.82) is 0 Å². The largest absolute Gasteiger partial charge is 0.339 e. The molecule has 8 heteroatoms. The van der Waals surface area contributed by atoms with Crippen molar-refractivity contribution >= 4 is 11.8 Å². The van der Waals surface area contributed by atoms with E-state index in [1.165, 1.54) is 5.56 Å². The number of piperazine rings is 1. The number of aromatic nitrogens is 3. The van der Waals surface area contributed by atoms with E-state index in [1.54, 1.807) is 29.4 Å². The first-order chi connectivity index (χ1) is 15.5. The lowest BCUT2D eigenvalue weighted by molar-refractivity contribution is -0.132. The molecule has 0 bridgehead atoms. The zero-order valence-corrected chi connectivity index (χ0v) is 18.4. The van der Waals surface area contributed by atoms with Gasteiger partial charge in [0.2, 0.25) is 17.6 Å². The van der Waals surface area contributed by atoms with E-state index in [1.807, 2.05) is 29.2 Å². The van der Waals surface area contributed by atoms with Gasteiger partial charge in [-0.3, -0.25) is 14.6 Å². The van der Waals surface area contributed by atoms with Gasteiger partial charge in [-0.1, -0.05) is 31.1 Å². The van der Waals surface area contributed by atoms with Crippen LogP contribution < -0.4 is 0 Å². The van der Waals surface area contributed by atoms with Crippen LogP contribution in [0.15, 0.2) is 53.3 Å². The van der Waals surface area contributed by atoms with Crippen molar-refractivity contribution in [1.82, 2.24) is 24.9 Å². The normalized spacial score (nSPS) is 14.1. The van der Waals surface area contributed by atoms with Gasteiger partial charge in [0, 0.05) is 62.5 Å². The number of rotatable bonds is 6. The number of amides is 2. The summed E-state index contributed by atoms with van der Waals surface area (Å²) in [6, 6.07) is 11.4. The minimum Gasteiger partial charge on any atom is -0.339 e. The van der Waals surface area contributed by atoms with Crippen LogP contribution in [0.2, 0.25) is 0 Å². The van der Waals surface area contributed by atoms with Crippen LogP contribution in [0.5, 0.6) is 0 Å². The molecular formula is C24H27N5O3. The second-order valence-corrected chi connectivity index (χ2v) is 8.20. The lowest BCUT2D eigenvalue weighted by Crippen LogP contribution is -2.50. The molecule has 1 fully saturated rings. The number of hydrogen-bond donors (Lipinski definition) is 0. The summed E-state index contributed by atoms with van der Waals surface area (Å²) in [6.45, 7) is 6.38. The SMILES string of the molecule is CC(C)c1ccc(C(=O)N2CCN(C(=O)CCc3nc(-c4ccncc4)no3)CC2)cc1. The van der Waals surface area contributed by atoms with Crippen molar-refractivity contribution in [3.05, 3.63) is 65.8 Å². The van der Waals surface area contributed by atoms with Crippen LogP contribution in [0.3, 0.4) is 0 Å². The minimum absolute atomic E-state index is 0.0157. The van der Waals surface area contributed by atoms with Gasteiger partial charge in [0.1, 0.15) is 0 Å². The van der Waals surface area contributed by atoms with Gasteiger partial charge in [0.15, 0.2) is 0 Å². The zero-order chi connectivity index (χ0) is 22.5. The highest BCUT2D eigenvalue weighted by molar-refractivity contribution is 5.94. The summed E-state index contributed by atoms with van der Waals surface area (Å²) in [5.41, 5.74) is 2.72. The number of carbonyl (C=O) groups excluding carboxylic acids is 2. The van der Waals surface area contributed by atoms with Crippen molar-refractivity contribution in [3.8, 4) is 11.4 Å². The number of pyridine rings is 1. The van der Waals surface area contributed by atoms with Crippen molar-refractivity contribution in [2.75, 3.05) is 26.2 Å². The summed E-state index contributed by atoms with van der Waals surface area (Å²) in [5, 5.41) is 3.97. The highest BCUT2D eigenvalue weighted by Crippen LogP contribution is 2.17. The Kier molecular flexibility index (Phi) is 6.58. The van der Waals surface area contributed by atoms with E-state index in [4.69, 9.17) is 4.52 Å². The van der Waals surface area contributed by atoms with Crippen molar-refractivity contribution in [3.63, 3.8) is 0 Å². The van der Waals surface area contributed by atoms with Gasteiger partial charge in [-0.05, 0) is 35.7 Å². The molecule has 0 atom stereocenters. The molecule has 32 heavy (non-hydrogen) atoms. The Morgan fingerprint density at radius 2 is 1.62 bits per heavy atom. The fraction of sp³-hybridized carbons (Fsp3) is 0.375. The monoisotopic (exact) mass is 433 g/mol. The molecule has 3 aromatic rings. The molecule has 166 valence electrons. The smallest absolute Gasteiger partial charge is 0.253 e. The molecule has 0 aliphatic carbocycles. The van der Waals surface area contributed by atoms with Gasteiger partial charge < -0.3 is 14.3 Å². The maximum atomic E-state index is 12.8. The van der Waals surface area contributed by atoms with Gasteiger partial charge in [-0.2, -0.15) is 4.98 Å². The predicted molar refractivity (Wildman–Crippen MR) is 119 cm³/mol. The minimum atomic E-state index is 0.0157. The van der Waals surface area contributed by atoms with Crippen LogP contribution >= 0.6 is 0 Å². The summed E-state index contributed by atoms with van der Waals surface area (Å²) in [6.07, 6.45) is 4.01. The lowest BCUT2D eigenvalue weighted by Gasteiger charge is -2.35. The number of hydrogen-bond acceptors (Lipinski definition) is 6. The Bertz CT molecular complexity index is 1050. The quantitative estimate of drug-likeness (QED) is 0.593. The Morgan fingerprint density at radius 3 is 2.28 bits per heavy atom. The van der Waals surface area contributed by atoms with E-state index in [-0.39, 0.29) is 11.8 Å². The molecule has 1 aliphatic heterocycles. The van der Waals surface area contributed by atoms with Crippen LogP contribution in [0.4, 0.5) is 0 Å². The second kappa shape index (κ2) is 9.72. The molecule has 4 rings (SSSR count). The molecule has 0 unspecified atom stereocenters. The Hall–Kier alpha value is -3.55. The van der Waals surface area contributed by atoms with Crippen molar-refractivity contribution in [2.45, 2.75) is 32.6 Å². The highest BCUT2D eigenvalue weighted by Gasteiger charge is 2.25. The average Bonchev–Trinajstić information content (AvgIpc) is 3.32. The van der Waals surface area contributed by atoms with E-state index in [9.17, 15) is 9.59 Å². The second-order valence-electron chi connectivity index (χ2n) is 8.20. The third-order valence-corrected chi connectivity index (χ3v) is 5.70. The van der Waals surface area contributed by atoms with Crippen LogP contribution in [-0.4, -0.2) is 62.9 Å². The summed E-state index contributed by atoms with van der Waals surface area (Å²) in [5.74, 6) is 1.40. The van der Waals surface area contributed by atoms with Crippen LogP contribution in [0.25, 0.3) is 11.4 Å². The van der Waals surface area contributed by atoms with Gasteiger partial charge in [-0.25, -0.2) is 0 Å². The Morgan fingerprint density at radius 1 is 0.969 bits per heavy atom. The van der Waals surface area contributed by atoms with E-state index in [0.717, 1.165) is 5.56 Å². The molecular weight excluding hydrogens is 406 g/mol. The van der Waals surface area contributed by atoms with Crippen LogP contribution in [-0.2, 0) is 11.2 Å². The van der Waals surface area contributed by atoms with Gasteiger partial charge in [0.25, 0.3) is 5.91 Å². The van der Waals surface area contributed by atoms with Gasteiger partial charge >= 0.3 is 0 Å². The standard InChI is InChI=1S/C24H27N5O3/c1-17(2)18-3-5-20(6-4-18)24(31)29-15-13-28(14-16-29)22(30)8-7-21-26-23(27-32-21)19-9-11-25-12-10-19/h3-6,9-12,17H,7-8,13-16H2,1-2H3. The van der Waals surface area contributed by atoms with E-state index in [2.05, 4.69) is 29.0 Å². The number of benzene rings is 1. The third kappa shape index (κ3) is 5.01. The molecule has 0 N–H and O–H groups in total. The first-order valence-electron chi connectivity index (χ1n) is 10.9. The van der Waals surface area contributed by atoms with E-state index >= 15 is 0 Å². The number of aryl methyl sites for hydroxylation is 1. The summed E-state index contributed by atoms with van der Waals surface area (Å²) in [7, 11) is 0. The molecule has 3 heterocycles. The number of carbonyl (C=O) groups is 2. The van der Waals surface area contributed by atoms with Gasteiger partial charge in [-0.15, -0.1) is 0 Å². The molecule has 2 amide bonds. The fourth-order valence-electron chi connectivity index (χ4n) is 3.70. The number of nitrogens with zero attached hydrogens (tertiary/aromatic N) is 5. The first kappa shape index (κ1) is 21.7. The highest BCUT2D eigenvalue weighted by atomic mass is 16.5. The van der Waals surface area contributed by atoms with Crippen molar-refractivity contribution in [2.24, 2.45) is 0 Å². The predicted octanol–water partition coefficient (Wildman–Crippen LogP) is 3.17. The molecule has 1 aromatic carbocycles. The molecule has 0 saturated carbocycles. The van der Waals surface area contributed by atoms with E-state index in [0.29, 0.717) is 62.2 Å². The molecule has 0 radical (unpaired) electrons. The van der Waals surface area contributed by atoms with Crippen LogP contribution in [0, 0.1) is 0 Å². The average molecular weight is 434 g/mol. The van der Waals surface area contributed by atoms with Crippen LogP contribution in [0.1, 0.15) is 48.0 Å². The summed E-state index contributed by atoms with van der Waals surface area (Å²) < 4.78 is 5.27. The third-order valence-electron chi connectivity index (χ3n) is 5.70. The molecule has 1 saturated heterocycles. The zero-order valence-electron chi connectivity index (χ0n) is 18.4. The van der Waals surface area contributed by atoms with Crippen molar-refractivity contribution < 1.29 is 14.1 Å². The summed E-state index contributed by atoms with van der Waals surface area (Å²) >= 11 is 0. The molecule has 8 nitrogen and oxygen atoms in total. The topological polar surface area (TPSA) is 92.4 Å². The summed E-state index contributed by atoms with van der Waals surface area (Å²) in [4.78, 5) is 37.3.